The summed E-state index contributed by atoms with van der Waals surface area (Å²) in [7, 11) is 0. The Morgan fingerprint density at radius 2 is 1.79 bits per heavy atom. The number of aryl methyl sites for hydroxylation is 1. The second-order valence-corrected chi connectivity index (χ2v) is 8.30. The monoisotopic (exact) mass is 394 g/mol. The van der Waals surface area contributed by atoms with Crippen LogP contribution in [0.1, 0.15) is 42.4 Å². The molecule has 0 unspecified atom stereocenters. The summed E-state index contributed by atoms with van der Waals surface area (Å²) >= 11 is 0. The van der Waals surface area contributed by atoms with Crippen molar-refractivity contribution >= 4 is 11.5 Å². The second-order valence-electron chi connectivity index (χ2n) is 8.30. The second kappa shape index (κ2) is 7.30. The quantitative estimate of drug-likeness (QED) is 0.840. The summed E-state index contributed by atoms with van der Waals surface area (Å²) in [6.45, 7) is 3.92. The molecule has 0 aromatic heterocycles. The molecule has 29 heavy (non-hydrogen) atoms. The van der Waals surface area contributed by atoms with Crippen LogP contribution in [0.2, 0.25) is 0 Å². The Bertz CT molecular complexity index is 986. The predicted molar refractivity (Wildman–Crippen MR) is 108 cm³/mol. The summed E-state index contributed by atoms with van der Waals surface area (Å²) in [5, 5.41) is 25.8. The van der Waals surface area contributed by atoms with Gasteiger partial charge in [0.2, 0.25) is 0 Å². The number of rotatable bonds is 3. The average Bonchev–Trinajstić information content (AvgIpc) is 2.94. The van der Waals surface area contributed by atoms with Gasteiger partial charge in [-0.3, -0.25) is 4.79 Å². The zero-order valence-corrected chi connectivity index (χ0v) is 16.7. The van der Waals surface area contributed by atoms with E-state index in [1.807, 2.05) is 26.0 Å². The molecule has 0 saturated heterocycles. The molecule has 0 atom stereocenters. The maximum absolute atomic E-state index is 13.5. The molecule has 152 valence electrons. The third-order valence-corrected chi connectivity index (χ3v) is 6.54. The molecule has 1 aliphatic heterocycles. The molecule has 1 amide bonds. The molecule has 1 aliphatic carbocycles. The fourth-order valence-electron chi connectivity index (χ4n) is 4.78. The van der Waals surface area contributed by atoms with Crippen molar-refractivity contribution in [2.75, 3.05) is 6.61 Å². The molecule has 4 nitrogen and oxygen atoms in total. The largest absolute Gasteiger partial charge is 0.873 e. The van der Waals surface area contributed by atoms with Gasteiger partial charge in [-0.05, 0) is 85.4 Å². The number of aliphatic hydroxyl groups is 1. The van der Waals surface area contributed by atoms with Gasteiger partial charge >= 0.3 is 0 Å². The lowest BCUT2D eigenvalue weighted by Crippen LogP contribution is -2.50. The Morgan fingerprint density at radius 3 is 2.41 bits per heavy atom. The smallest absolute Gasteiger partial charge is 0.251 e. The molecule has 1 fully saturated rings. The van der Waals surface area contributed by atoms with Crippen LogP contribution in [-0.2, 0) is 4.79 Å². The molecular formula is C24H25FNO3-. The fourth-order valence-corrected chi connectivity index (χ4v) is 4.78. The molecule has 5 heteroatoms. The van der Waals surface area contributed by atoms with Gasteiger partial charge in [-0.1, -0.05) is 30.0 Å². The number of amides is 1. The number of carbonyl (C=O) groups excluding carboxylic acids is 1. The van der Waals surface area contributed by atoms with E-state index in [0.717, 1.165) is 35.1 Å². The zero-order chi connectivity index (χ0) is 20.8. The Hall–Kier alpha value is -2.66. The molecule has 4 rings (SSSR count). The van der Waals surface area contributed by atoms with Crippen molar-refractivity contribution in [3.05, 3.63) is 64.7 Å². The average molecular weight is 394 g/mol. The minimum absolute atomic E-state index is 0.118. The highest BCUT2D eigenvalue weighted by Gasteiger charge is 2.43. The predicted octanol–water partition coefficient (Wildman–Crippen LogP) is 3.23. The van der Waals surface area contributed by atoms with E-state index in [9.17, 15) is 19.4 Å². The first-order chi connectivity index (χ1) is 13.9. The van der Waals surface area contributed by atoms with Gasteiger partial charge in [-0.15, -0.1) is 0 Å². The molecule has 2 aromatic rings. The SMILES string of the molecule is Cc1ccc(-c2ccc(F)cc2)c(C)c1C1=C([O-])C2(CCC(CO)CC2)NC1=O. The summed E-state index contributed by atoms with van der Waals surface area (Å²) in [5.74, 6) is -0.570. The molecule has 2 N–H and O–H groups in total. The minimum Gasteiger partial charge on any atom is -0.873 e. The number of nitrogens with one attached hydrogen (secondary N) is 1. The Morgan fingerprint density at radius 1 is 1.14 bits per heavy atom. The third-order valence-electron chi connectivity index (χ3n) is 6.54. The maximum atomic E-state index is 13.5. The van der Waals surface area contributed by atoms with Crippen molar-refractivity contribution in [2.45, 2.75) is 45.1 Å². The molecule has 2 aromatic carbocycles. The lowest BCUT2D eigenvalue weighted by atomic mass is 9.75. The van der Waals surface area contributed by atoms with Crippen LogP contribution in [0.5, 0.6) is 0 Å². The van der Waals surface area contributed by atoms with E-state index in [-0.39, 0.29) is 35.6 Å². The lowest BCUT2D eigenvalue weighted by molar-refractivity contribution is -0.317. The van der Waals surface area contributed by atoms with Gasteiger partial charge in [-0.2, -0.15) is 0 Å². The van der Waals surface area contributed by atoms with E-state index < -0.39 is 5.54 Å². The van der Waals surface area contributed by atoms with E-state index in [4.69, 9.17) is 0 Å². The summed E-state index contributed by atoms with van der Waals surface area (Å²) in [6.07, 6.45) is 2.57. The first-order valence-electron chi connectivity index (χ1n) is 10.1. The highest BCUT2D eigenvalue weighted by molar-refractivity contribution is 6.24. The standard InChI is InChI=1S/C24H26FNO3/c1-14-3-8-19(17-4-6-18(25)7-5-17)15(2)20(14)21-22(28)24(26-23(21)29)11-9-16(13-27)10-12-24/h3-8,16,27-28H,9-13H2,1-2H3,(H,26,29)/p-1. The van der Waals surface area contributed by atoms with Crippen molar-refractivity contribution in [1.29, 1.82) is 0 Å². The molecular weight excluding hydrogens is 369 g/mol. The molecule has 2 aliphatic rings. The summed E-state index contributed by atoms with van der Waals surface area (Å²) in [5.41, 5.74) is 3.49. The fraction of sp³-hybridized carbons (Fsp3) is 0.375. The number of aliphatic hydroxyl groups excluding tert-OH is 1. The van der Waals surface area contributed by atoms with Crippen molar-refractivity contribution in [3.8, 4) is 11.1 Å². The summed E-state index contributed by atoms with van der Waals surface area (Å²) < 4.78 is 13.3. The third kappa shape index (κ3) is 3.23. The van der Waals surface area contributed by atoms with Crippen LogP contribution in [0.15, 0.2) is 42.2 Å². The number of halogens is 1. The van der Waals surface area contributed by atoms with Crippen LogP contribution in [-0.4, -0.2) is 23.2 Å². The Labute approximate surface area is 170 Å². The highest BCUT2D eigenvalue weighted by atomic mass is 19.1. The van der Waals surface area contributed by atoms with Crippen LogP contribution in [0.4, 0.5) is 4.39 Å². The first-order valence-corrected chi connectivity index (χ1v) is 10.1. The maximum Gasteiger partial charge on any atom is 0.251 e. The van der Waals surface area contributed by atoms with Gasteiger partial charge in [-0.25, -0.2) is 4.39 Å². The first kappa shape index (κ1) is 19.6. The topological polar surface area (TPSA) is 72.4 Å². The Balaban J connectivity index is 1.80. The number of carbonyl (C=O) groups is 1. The van der Waals surface area contributed by atoms with Crippen molar-refractivity contribution in [3.63, 3.8) is 0 Å². The zero-order valence-electron chi connectivity index (χ0n) is 16.7. The highest BCUT2D eigenvalue weighted by Crippen LogP contribution is 2.43. The van der Waals surface area contributed by atoms with Gasteiger partial charge in [0.25, 0.3) is 5.91 Å². The van der Waals surface area contributed by atoms with Crippen LogP contribution in [0.3, 0.4) is 0 Å². The number of hydrogen-bond donors (Lipinski definition) is 2. The van der Waals surface area contributed by atoms with Gasteiger partial charge in [0.1, 0.15) is 5.82 Å². The van der Waals surface area contributed by atoms with Gasteiger partial charge in [0.05, 0.1) is 5.54 Å². The summed E-state index contributed by atoms with van der Waals surface area (Å²) in [4.78, 5) is 12.9. The van der Waals surface area contributed by atoms with E-state index in [1.54, 1.807) is 12.1 Å². The van der Waals surface area contributed by atoms with Crippen LogP contribution in [0, 0.1) is 25.6 Å². The van der Waals surface area contributed by atoms with E-state index in [1.165, 1.54) is 12.1 Å². The molecule has 0 bridgehead atoms. The molecule has 1 heterocycles. The van der Waals surface area contributed by atoms with Crippen molar-refractivity contribution in [1.82, 2.24) is 5.32 Å². The molecule has 1 saturated carbocycles. The summed E-state index contributed by atoms with van der Waals surface area (Å²) in [6, 6.07) is 10.1. The van der Waals surface area contributed by atoms with Crippen LogP contribution >= 0.6 is 0 Å². The van der Waals surface area contributed by atoms with E-state index in [0.29, 0.717) is 18.4 Å². The van der Waals surface area contributed by atoms with Crippen molar-refractivity contribution in [2.24, 2.45) is 5.92 Å². The van der Waals surface area contributed by atoms with Gasteiger partial charge in [0.15, 0.2) is 0 Å². The van der Waals surface area contributed by atoms with Crippen LogP contribution < -0.4 is 10.4 Å². The molecule has 1 spiro atoms. The van der Waals surface area contributed by atoms with Gasteiger partial charge in [0, 0.05) is 12.2 Å². The number of hydrogen-bond acceptors (Lipinski definition) is 3. The minimum atomic E-state index is -0.844. The van der Waals surface area contributed by atoms with Crippen LogP contribution in [0.25, 0.3) is 16.7 Å². The number of benzene rings is 2. The van der Waals surface area contributed by atoms with Crippen molar-refractivity contribution < 1.29 is 19.4 Å². The Kier molecular flexibility index (Phi) is 4.95. The lowest BCUT2D eigenvalue weighted by Gasteiger charge is -2.41. The van der Waals surface area contributed by atoms with E-state index >= 15 is 0 Å². The van der Waals surface area contributed by atoms with Gasteiger partial charge < -0.3 is 15.5 Å². The molecule has 0 radical (unpaired) electrons. The van der Waals surface area contributed by atoms with E-state index in [2.05, 4.69) is 5.32 Å². The normalized spacial score (nSPS) is 24.3.